The molecule has 0 bridgehead atoms. The van der Waals surface area contributed by atoms with Gasteiger partial charge in [0.25, 0.3) is 0 Å². The number of rotatable bonds is 3. The summed E-state index contributed by atoms with van der Waals surface area (Å²) in [5, 5.41) is 14.1. The Morgan fingerprint density at radius 3 is 2.45 bits per heavy atom. The number of hydrogen-bond acceptors (Lipinski definition) is 4. The summed E-state index contributed by atoms with van der Waals surface area (Å²) < 4.78 is 23.3. The fourth-order valence-corrected chi connectivity index (χ4v) is 2.27. The minimum atomic E-state index is -2.36. The molecule has 0 heterocycles. The van der Waals surface area contributed by atoms with Crippen molar-refractivity contribution in [3.63, 3.8) is 0 Å². The van der Waals surface area contributed by atoms with Gasteiger partial charge in [0.1, 0.15) is 5.75 Å². The summed E-state index contributed by atoms with van der Waals surface area (Å²) >= 11 is 3.64. The molecule has 7 heteroatoms. The number of halogens is 1. The molecule has 0 saturated heterocycles. The van der Waals surface area contributed by atoms with Crippen LogP contribution in [0.4, 0.5) is 0 Å². The van der Waals surface area contributed by atoms with Gasteiger partial charge in [-0.1, -0.05) is 23.7 Å². The molecule has 1 atom stereocenters. The molecule has 114 valence electrons. The third-order valence-electron chi connectivity index (χ3n) is 3.13. The summed E-state index contributed by atoms with van der Waals surface area (Å²) in [6.07, 6.45) is 3.79. The molecule has 1 aliphatic rings. The number of benzene rings is 1. The predicted octanol–water partition coefficient (Wildman–Crippen LogP) is 2.01. The van der Waals surface area contributed by atoms with Crippen LogP contribution in [0, 0.1) is 5.92 Å². The summed E-state index contributed by atoms with van der Waals surface area (Å²) in [6.45, 7) is 0.705. The van der Waals surface area contributed by atoms with Gasteiger partial charge in [-0.3, -0.25) is 9.35 Å². The number of hydrogen-bond donors (Lipinski definition) is 2. The number of aliphatic hydroxyl groups excluding tert-OH is 1. The normalized spacial score (nSPS) is 23.4. The molecule has 0 amide bonds. The first kappa shape index (κ1) is 17.4. The van der Waals surface area contributed by atoms with Crippen LogP contribution in [-0.4, -0.2) is 26.6 Å². The van der Waals surface area contributed by atoms with Crippen LogP contribution >= 0.6 is 11.6 Å². The van der Waals surface area contributed by atoms with Crippen molar-refractivity contribution < 1.29 is 18.6 Å². The summed E-state index contributed by atoms with van der Waals surface area (Å²) in [6, 6.07) is 7.54. The van der Waals surface area contributed by atoms with Gasteiger partial charge in [-0.05, 0) is 43.7 Å². The predicted molar refractivity (Wildman–Crippen MR) is 78.0 cm³/mol. The minimum absolute atomic E-state index is 0.100. The van der Waals surface area contributed by atoms with Gasteiger partial charge in [-0.15, -0.1) is 0 Å². The van der Waals surface area contributed by atoms with E-state index in [2.05, 4.69) is 5.14 Å². The first-order valence-corrected chi connectivity index (χ1v) is 7.89. The van der Waals surface area contributed by atoms with Crippen LogP contribution in [0.15, 0.2) is 24.3 Å². The second-order valence-electron chi connectivity index (χ2n) is 4.68. The number of nitrogens with two attached hydrogens (primary N) is 1. The van der Waals surface area contributed by atoms with Crippen LogP contribution < -0.4 is 9.88 Å². The van der Waals surface area contributed by atoms with E-state index in [1.54, 1.807) is 0 Å². The molecule has 2 rings (SSSR count). The zero-order valence-corrected chi connectivity index (χ0v) is 12.6. The fourth-order valence-electron chi connectivity index (χ4n) is 2.08. The van der Waals surface area contributed by atoms with Crippen molar-refractivity contribution in [2.24, 2.45) is 11.1 Å². The Morgan fingerprint density at radius 1 is 1.35 bits per heavy atom. The van der Waals surface area contributed by atoms with Crippen LogP contribution in [0.1, 0.15) is 25.7 Å². The highest BCUT2D eigenvalue weighted by Crippen LogP contribution is 2.27. The highest BCUT2D eigenvalue weighted by atomic mass is 35.5. The zero-order chi connectivity index (χ0) is 15.0. The molecule has 0 aliphatic heterocycles. The van der Waals surface area contributed by atoms with Crippen molar-refractivity contribution in [1.29, 1.82) is 0 Å². The lowest BCUT2D eigenvalue weighted by Gasteiger charge is -2.25. The third-order valence-corrected chi connectivity index (χ3v) is 3.44. The molecule has 0 spiro atoms. The van der Waals surface area contributed by atoms with Crippen molar-refractivity contribution in [3.05, 3.63) is 29.3 Å². The van der Waals surface area contributed by atoms with Crippen LogP contribution in [-0.2, 0) is 11.3 Å². The Hall–Kier alpha value is -0.660. The monoisotopic (exact) mass is 320 g/mol. The Kier molecular flexibility index (Phi) is 8.09. The Balaban J connectivity index is 0.000000444. The molecule has 0 aromatic heterocycles. The van der Waals surface area contributed by atoms with Gasteiger partial charge in [-0.25, -0.2) is 0 Å². The van der Waals surface area contributed by atoms with Gasteiger partial charge >= 0.3 is 0 Å². The van der Waals surface area contributed by atoms with E-state index in [1.165, 1.54) is 0 Å². The third kappa shape index (κ3) is 7.21. The van der Waals surface area contributed by atoms with E-state index in [1.807, 2.05) is 24.3 Å². The lowest BCUT2D eigenvalue weighted by atomic mass is 9.88. The first-order valence-electron chi connectivity index (χ1n) is 6.38. The van der Waals surface area contributed by atoms with Gasteiger partial charge in [0.2, 0.25) is 0 Å². The van der Waals surface area contributed by atoms with Crippen LogP contribution in [0.2, 0.25) is 5.02 Å². The molecular formula is C13H19ClNO4S-. The molecule has 1 aliphatic carbocycles. The SMILES string of the molecule is NS(=O)[O-].OC1CCC(COc2ccccc2Cl)CC1. The van der Waals surface area contributed by atoms with E-state index in [9.17, 15) is 5.11 Å². The molecule has 1 unspecified atom stereocenters. The number of ether oxygens (including phenoxy) is 1. The van der Waals surface area contributed by atoms with Gasteiger partial charge in [0, 0.05) is 11.3 Å². The van der Waals surface area contributed by atoms with Crippen molar-refractivity contribution >= 4 is 22.9 Å². The Morgan fingerprint density at radius 2 is 1.90 bits per heavy atom. The highest BCUT2D eigenvalue weighted by molar-refractivity contribution is 7.76. The summed E-state index contributed by atoms with van der Waals surface area (Å²) in [5.41, 5.74) is 0. The first-order chi connectivity index (χ1) is 9.49. The molecule has 3 N–H and O–H groups in total. The average molecular weight is 321 g/mol. The van der Waals surface area contributed by atoms with Crippen LogP contribution in [0.25, 0.3) is 0 Å². The molecule has 1 fully saturated rings. The average Bonchev–Trinajstić information content (AvgIpc) is 2.39. The maximum absolute atomic E-state index is 9.39. The standard InChI is InChI=1S/C13H17ClO2.H3NO2S/c14-12-3-1-2-4-13(12)16-9-10-5-7-11(15)8-6-10;1-4(2)3/h1-4,10-11,15H,5-9H2;1H2,(H,2,3)/p-1. The lowest BCUT2D eigenvalue weighted by molar-refractivity contribution is 0.0917. The van der Waals surface area contributed by atoms with Crippen molar-refractivity contribution in [3.8, 4) is 5.75 Å². The summed E-state index contributed by atoms with van der Waals surface area (Å²) in [5.74, 6) is 1.31. The molecule has 5 nitrogen and oxygen atoms in total. The van der Waals surface area contributed by atoms with E-state index in [-0.39, 0.29) is 6.10 Å². The Labute approximate surface area is 126 Å². The molecular weight excluding hydrogens is 302 g/mol. The van der Waals surface area contributed by atoms with E-state index in [0.29, 0.717) is 17.5 Å². The quantitative estimate of drug-likeness (QED) is 0.833. The number of para-hydroxylation sites is 1. The summed E-state index contributed by atoms with van der Waals surface area (Å²) in [4.78, 5) is 0. The molecule has 20 heavy (non-hydrogen) atoms. The van der Waals surface area contributed by atoms with E-state index >= 15 is 0 Å². The maximum Gasteiger partial charge on any atom is 0.137 e. The van der Waals surface area contributed by atoms with Gasteiger partial charge in [-0.2, -0.15) is 0 Å². The van der Waals surface area contributed by atoms with Crippen LogP contribution in [0.3, 0.4) is 0 Å². The topological polar surface area (TPSA) is 95.6 Å². The van der Waals surface area contributed by atoms with E-state index < -0.39 is 11.3 Å². The second kappa shape index (κ2) is 9.31. The van der Waals surface area contributed by atoms with Gasteiger partial charge in [0.15, 0.2) is 0 Å². The lowest BCUT2D eigenvalue weighted by Crippen LogP contribution is -2.22. The van der Waals surface area contributed by atoms with E-state index in [4.69, 9.17) is 25.1 Å². The molecule has 0 radical (unpaired) electrons. The maximum atomic E-state index is 9.39. The van der Waals surface area contributed by atoms with Crippen molar-refractivity contribution in [1.82, 2.24) is 0 Å². The minimum Gasteiger partial charge on any atom is -0.760 e. The van der Waals surface area contributed by atoms with Crippen molar-refractivity contribution in [2.45, 2.75) is 31.8 Å². The largest absolute Gasteiger partial charge is 0.760 e. The summed E-state index contributed by atoms with van der Waals surface area (Å²) in [7, 11) is 0. The second-order valence-corrected chi connectivity index (χ2v) is 5.60. The smallest absolute Gasteiger partial charge is 0.137 e. The fraction of sp³-hybridized carbons (Fsp3) is 0.538. The molecule has 1 aromatic carbocycles. The van der Waals surface area contributed by atoms with E-state index in [0.717, 1.165) is 31.4 Å². The highest BCUT2D eigenvalue weighted by Gasteiger charge is 2.19. The van der Waals surface area contributed by atoms with Gasteiger partial charge < -0.3 is 14.4 Å². The van der Waals surface area contributed by atoms with Crippen LogP contribution in [0.5, 0.6) is 5.75 Å². The Bertz CT molecular complexity index is 421. The zero-order valence-electron chi connectivity index (χ0n) is 11.0. The molecule has 1 aromatic rings. The molecule has 1 saturated carbocycles. The number of aliphatic hydroxyl groups is 1. The van der Waals surface area contributed by atoms with Crippen molar-refractivity contribution in [2.75, 3.05) is 6.61 Å². The van der Waals surface area contributed by atoms with Gasteiger partial charge in [0.05, 0.1) is 17.7 Å².